The predicted molar refractivity (Wildman–Crippen MR) is 96.7 cm³/mol. The highest BCUT2D eigenvalue weighted by atomic mass is 16.5. The number of nitrogens with zero attached hydrogens (tertiary/aromatic N) is 2. The molecule has 1 amide bonds. The first-order valence-corrected chi connectivity index (χ1v) is 8.66. The highest BCUT2D eigenvalue weighted by Crippen LogP contribution is 2.22. The van der Waals surface area contributed by atoms with Crippen LogP contribution in [0.4, 0.5) is 0 Å². The van der Waals surface area contributed by atoms with E-state index in [1.165, 1.54) is 29.5 Å². The molecule has 1 saturated heterocycles. The van der Waals surface area contributed by atoms with Crippen molar-refractivity contribution in [3.8, 4) is 5.75 Å². The van der Waals surface area contributed by atoms with Crippen LogP contribution in [0.3, 0.4) is 0 Å². The van der Waals surface area contributed by atoms with E-state index in [0.717, 1.165) is 18.6 Å². The number of piperidine rings is 1. The molecule has 1 fully saturated rings. The van der Waals surface area contributed by atoms with E-state index in [-0.39, 0.29) is 17.7 Å². The Hall–Kier alpha value is -2.89. The summed E-state index contributed by atoms with van der Waals surface area (Å²) in [7, 11) is 0. The maximum Gasteiger partial charge on any atom is 0.354 e. The quantitative estimate of drug-likeness (QED) is 0.913. The van der Waals surface area contributed by atoms with E-state index in [4.69, 9.17) is 9.84 Å². The first-order valence-electron chi connectivity index (χ1n) is 8.66. The van der Waals surface area contributed by atoms with Gasteiger partial charge in [0, 0.05) is 32.1 Å². The number of carboxylic acids is 1. The zero-order valence-electron chi connectivity index (χ0n) is 14.9. The molecule has 1 aliphatic rings. The maximum atomic E-state index is 12.5. The fourth-order valence-electron chi connectivity index (χ4n) is 2.99. The Morgan fingerprint density at radius 3 is 2.42 bits per heavy atom. The summed E-state index contributed by atoms with van der Waals surface area (Å²) in [4.78, 5) is 28.9. The summed E-state index contributed by atoms with van der Waals surface area (Å²) in [5, 5.41) is 8.87. The van der Waals surface area contributed by atoms with Crippen LogP contribution in [0.25, 0.3) is 0 Å². The second-order valence-electron chi connectivity index (χ2n) is 6.59. The molecule has 1 aliphatic heterocycles. The van der Waals surface area contributed by atoms with Gasteiger partial charge >= 0.3 is 5.97 Å². The summed E-state index contributed by atoms with van der Waals surface area (Å²) in [5.41, 5.74) is 2.78. The number of aromatic carboxylic acids is 1. The van der Waals surface area contributed by atoms with Crippen molar-refractivity contribution in [3.63, 3.8) is 0 Å². The van der Waals surface area contributed by atoms with Crippen LogP contribution in [0.1, 0.15) is 44.8 Å². The molecule has 0 spiro atoms. The molecule has 26 heavy (non-hydrogen) atoms. The predicted octanol–water partition coefficient (Wildman–Crippen LogP) is 3.08. The molecule has 0 aliphatic carbocycles. The van der Waals surface area contributed by atoms with Crippen molar-refractivity contribution < 1.29 is 19.4 Å². The highest BCUT2D eigenvalue weighted by molar-refractivity contribution is 5.95. The number of hydrogen-bond donors (Lipinski definition) is 1. The molecule has 1 N–H and O–H groups in total. The van der Waals surface area contributed by atoms with E-state index in [2.05, 4.69) is 24.9 Å². The van der Waals surface area contributed by atoms with Gasteiger partial charge in [-0.3, -0.25) is 4.79 Å². The minimum absolute atomic E-state index is 0.0675. The topological polar surface area (TPSA) is 79.7 Å². The average molecular weight is 354 g/mol. The summed E-state index contributed by atoms with van der Waals surface area (Å²) in [5.74, 6) is -0.362. The number of benzene rings is 1. The van der Waals surface area contributed by atoms with Crippen LogP contribution in [0.5, 0.6) is 5.75 Å². The number of hydrogen-bond acceptors (Lipinski definition) is 4. The monoisotopic (exact) mass is 354 g/mol. The number of rotatable bonds is 4. The Kier molecular flexibility index (Phi) is 5.21. The van der Waals surface area contributed by atoms with Gasteiger partial charge in [-0.15, -0.1) is 0 Å². The third-order valence-electron chi connectivity index (χ3n) is 4.74. The second-order valence-corrected chi connectivity index (χ2v) is 6.59. The fourth-order valence-corrected chi connectivity index (χ4v) is 2.99. The Morgan fingerprint density at radius 1 is 1.12 bits per heavy atom. The van der Waals surface area contributed by atoms with Crippen LogP contribution in [0, 0.1) is 13.8 Å². The zero-order valence-corrected chi connectivity index (χ0v) is 14.9. The van der Waals surface area contributed by atoms with Gasteiger partial charge in [0.1, 0.15) is 17.5 Å². The Labute approximate surface area is 152 Å². The van der Waals surface area contributed by atoms with Crippen molar-refractivity contribution in [3.05, 3.63) is 58.9 Å². The highest BCUT2D eigenvalue weighted by Gasteiger charge is 2.25. The lowest BCUT2D eigenvalue weighted by molar-refractivity contribution is 0.0592. The zero-order chi connectivity index (χ0) is 18.7. The van der Waals surface area contributed by atoms with Gasteiger partial charge in [0.2, 0.25) is 0 Å². The Bertz CT molecular complexity index is 809. The molecule has 3 rings (SSSR count). The van der Waals surface area contributed by atoms with Crippen molar-refractivity contribution >= 4 is 11.9 Å². The van der Waals surface area contributed by atoms with Crippen LogP contribution in [0.15, 0.2) is 36.5 Å². The molecule has 2 aromatic rings. The number of likely N-dealkylation sites (tertiary alicyclic amines) is 1. The minimum atomic E-state index is -1.10. The number of carbonyl (C=O) groups excluding carboxylic acids is 1. The Morgan fingerprint density at radius 2 is 1.85 bits per heavy atom. The lowest BCUT2D eigenvalue weighted by atomic mass is 10.1. The van der Waals surface area contributed by atoms with Crippen LogP contribution >= 0.6 is 0 Å². The van der Waals surface area contributed by atoms with Gasteiger partial charge in [0.15, 0.2) is 0 Å². The lowest BCUT2D eigenvalue weighted by Crippen LogP contribution is -2.41. The molecule has 1 aromatic heterocycles. The number of carbonyl (C=O) groups is 2. The van der Waals surface area contributed by atoms with Crippen molar-refractivity contribution in [1.29, 1.82) is 0 Å². The molecule has 136 valence electrons. The largest absolute Gasteiger partial charge is 0.490 e. The standard InChI is InChI=1S/C20H22N2O4/c1-13-3-5-17(11-14(13)2)26-16-7-9-22(10-8-16)19(23)15-4-6-18(20(24)25)21-12-15/h3-6,11-12,16H,7-10H2,1-2H3,(H,24,25). The van der Waals surface area contributed by atoms with Crippen LogP contribution in [-0.2, 0) is 0 Å². The fraction of sp³-hybridized carbons (Fsp3) is 0.350. The second kappa shape index (κ2) is 7.56. The molecule has 2 heterocycles. The molecule has 6 heteroatoms. The molecule has 0 bridgehead atoms. The molecule has 0 unspecified atom stereocenters. The molecule has 0 radical (unpaired) electrons. The normalized spacial score (nSPS) is 14.9. The van der Waals surface area contributed by atoms with E-state index in [1.54, 1.807) is 4.90 Å². The van der Waals surface area contributed by atoms with Gasteiger partial charge in [-0.25, -0.2) is 9.78 Å². The van der Waals surface area contributed by atoms with Gasteiger partial charge < -0.3 is 14.7 Å². The molecular weight excluding hydrogens is 332 g/mol. The Balaban J connectivity index is 1.56. The number of aryl methyl sites for hydroxylation is 2. The molecule has 0 atom stereocenters. The summed E-state index contributed by atoms with van der Waals surface area (Å²) in [6, 6.07) is 8.94. The van der Waals surface area contributed by atoms with Gasteiger partial charge in [-0.1, -0.05) is 6.07 Å². The average Bonchev–Trinajstić information content (AvgIpc) is 2.65. The van der Waals surface area contributed by atoms with E-state index in [9.17, 15) is 9.59 Å². The van der Waals surface area contributed by atoms with Crippen LogP contribution in [-0.4, -0.2) is 46.1 Å². The number of pyridine rings is 1. The summed E-state index contributed by atoms with van der Waals surface area (Å²) >= 11 is 0. The van der Waals surface area contributed by atoms with Gasteiger partial charge in [0.05, 0.1) is 5.56 Å². The van der Waals surface area contributed by atoms with Gasteiger partial charge in [-0.2, -0.15) is 0 Å². The molecule has 1 aromatic carbocycles. The van der Waals surface area contributed by atoms with E-state index in [1.807, 2.05) is 12.1 Å². The minimum Gasteiger partial charge on any atom is -0.490 e. The van der Waals surface area contributed by atoms with Crippen molar-refractivity contribution in [2.45, 2.75) is 32.8 Å². The number of carboxylic acid groups (broad SMARTS) is 1. The number of aromatic nitrogens is 1. The van der Waals surface area contributed by atoms with Gasteiger partial charge in [0.25, 0.3) is 5.91 Å². The summed E-state index contributed by atoms with van der Waals surface area (Å²) in [6.07, 6.45) is 2.94. The van der Waals surface area contributed by atoms with E-state index < -0.39 is 5.97 Å². The summed E-state index contributed by atoms with van der Waals surface area (Å²) in [6.45, 7) is 5.35. The molecule has 6 nitrogen and oxygen atoms in total. The smallest absolute Gasteiger partial charge is 0.354 e. The first kappa shape index (κ1) is 17.9. The van der Waals surface area contributed by atoms with E-state index in [0.29, 0.717) is 18.7 Å². The molecule has 0 saturated carbocycles. The van der Waals surface area contributed by atoms with Crippen molar-refractivity contribution in [2.24, 2.45) is 0 Å². The first-order chi connectivity index (χ1) is 12.4. The van der Waals surface area contributed by atoms with Crippen molar-refractivity contribution in [2.75, 3.05) is 13.1 Å². The van der Waals surface area contributed by atoms with Crippen LogP contribution < -0.4 is 4.74 Å². The van der Waals surface area contributed by atoms with E-state index >= 15 is 0 Å². The SMILES string of the molecule is Cc1ccc(OC2CCN(C(=O)c3ccc(C(=O)O)nc3)CC2)cc1C. The van der Waals surface area contributed by atoms with Crippen LogP contribution in [0.2, 0.25) is 0 Å². The number of amides is 1. The molecular formula is C20H22N2O4. The maximum absolute atomic E-state index is 12.5. The third kappa shape index (κ3) is 4.02. The van der Waals surface area contributed by atoms with Crippen molar-refractivity contribution in [1.82, 2.24) is 9.88 Å². The summed E-state index contributed by atoms with van der Waals surface area (Å²) < 4.78 is 6.05. The van der Waals surface area contributed by atoms with Gasteiger partial charge in [-0.05, 0) is 49.2 Å². The number of ether oxygens (including phenoxy) is 1. The third-order valence-corrected chi connectivity index (χ3v) is 4.74. The lowest BCUT2D eigenvalue weighted by Gasteiger charge is -2.32.